The normalized spacial score (nSPS) is 13.9. The van der Waals surface area contributed by atoms with Crippen molar-refractivity contribution in [2.24, 2.45) is 0 Å². The summed E-state index contributed by atoms with van der Waals surface area (Å²) in [6, 6.07) is 3.69. The van der Waals surface area contributed by atoms with Crippen LogP contribution in [0.3, 0.4) is 0 Å². The van der Waals surface area contributed by atoms with Crippen LogP contribution < -0.4 is 10.6 Å². The lowest BCUT2D eigenvalue weighted by atomic mass is 10.2. The number of allylic oxidation sites excluding steroid dienone is 1. The van der Waals surface area contributed by atoms with Gasteiger partial charge in [-0.15, -0.1) is 0 Å². The number of nitro groups is 1. The van der Waals surface area contributed by atoms with Crippen molar-refractivity contribution in [3.63, 3.8) is 0 Å². The first-order valence-corrected chi connectivity index (χ1v) is 6.63. The van der Waals surface area contributed by atoms with Crippen molar-refractivity contribution >= 4 is 29.0 Å². The standard InChI is InChI=1S/C13H14ClN3O3/c14-11-6-5-10(7-12(11)17(19)20)16-13(18)15-8-9-3-1-2-4-9/h5-8H,1-4H2,(H2,15,16,18). The molecule has 6 nitrogen and oxygen atoms in total. The van der Waals surface area contributed by atoms with E-state index in [1.807, 2.05) is 0 Å². The van der Waals surface area contributed by atoms with Crippen LogP contribution in [-0.2, 0) is 0 Å². The number of benzene rings is 1. The van der Waals surface area contributed by atoms with Crippen LogP contribution in [-0.4, -0.2) is 11.0 Å². The molecule has 0 bridgehead atoms. The van der Waals surface area contributed by atoms with Crippen LogP contribution in [0, 0.1) is 10.1 Å². The van der Waals surface area contributed by atoms with Crippen LogP contribution in [0.25, 0.3) is 0 Å². The molecular weight excluding hydrogens is 282 g/mol. The van der Waals surface area contributed by atoms with Gasteiger partial charge in [0, 0.05) is 18.0 Å². The topological polar surface area (TPSA) is 84.3 Å². The predicted molar refractivity (Wildman–Crippen MR) is 76.8 cm³/mol. The van der Waals surface area contributed by atoms with Crippen LogP contribution in [0.5, 0.6) is 0 Å². The number of urea groups is 1. The molecule has 7 heteroatoms. The van der Waals surface area contributed by atoms with Gasteiger partial charge in [-0.3, -0.25) is 10.1 Å². The Morgan fingerprint density at radius 1 is 1.35 bits per heavy atom. The maximum atomic E-state index is 11.7. The van der Waals surface area contributed by atoms with Gasteiger partial charge in [0.1, 0.15) is 5.02 Å². The third kappa shape index (κ3) is 3.71. The summed E-state index contributed by atoms with van der Waals surface area (Å²) in [6.07, 6.45) is 6.02. The first kappa shape index (κ1) is 14.3. The number of rotatable bonds is 3. The van der Waals surface area contributed by atoms with E-state index in [1.54, 1.807) is 6.20 Å². The minimum Gasteiger partial charge on any atom is -0.314 e. The molecule has 0 radical (unpaired) electrons. The van der Waals surface area contributed by atoms with Gasteiger partial charge < -0.3 is 10.6 Å². The lowest BCUT2D eigenvalue weighted by Crippen LogP contribution is -2.24. The molecule has 106 valence electrons. The smallest absolute Gasteiger partial charge is 0.314 e. The summed E-state index contributed by atoms with van der Waals surface area (Å²) >= 11 is 5.70. The van der Waals surface area contributed by atoms with E-state index in [2.05, 4.69) is 10.6 Å². The highest BCUT2D eigenvalue weighted by Crippen LogP contribution is 2.27. The molecule has 1 aromatic carbocycles. The number of hydrogen-bond acceptors (Lipinski definition) is 3. The molecule has 0 saturated heterocycles. The number of amides is 2. The molecule has 0 aromatic heterocycles. The second-order valence-corrected chi connectivity index (χ2v) is 4.94. The highest BCUT2D eigenvalue weighted by Gasteiger charge is 2.13. The molecule has 1 aromatic rings. The second-order valence-electron chi connectivity index (χ2n) is 4.53. The van der Waals surface area contributed by atoms with Crippen molar-refractivity contribution in [3.8, 4) is 0 Å². The summed E-state index contributed by atoms with van der Waals surface area (Å²) in [5, 5.41) is 15.9. The highest BCUT2D eigenvalue weighted by atomic mass is 35.5. The number of nitrogens with one attached hydrogen (secondary N) is 2. The molecule has 20 heavy (non-hydrogen) atoms. The molecule has 0 heterocycles. The van der Waals surface area contributed by atoms with E-state index in [-0.39, 0.29) is 10.7 Å². The summed E-state index contributed by atoms with van der Waals surface area (Å²) in [5.41, 5.74) is 1.30. The molecule has 2 rings (SSSR count). The Kier molecular flexibility index (Phi) is 4.57. The molecule has 1 aliphatic rings. The average molecular weight is 296 g/mol. The lowest BCUT2D eigenvalue weighted by molar-refractivity contribution is -0.384. The van der Waals surface area contributed by atoms with Crippen LogP contribution in [0.15, 0.2) is 30.0 Å². The largest absolute Gasteiger partial charge is 0.323 e. The molecule has 0 unspecified atom stereocenters. The Balaban J connectivity index is 1.99. The van der Waals surface area contributed by atoms with Crippen molar-refractivity contribution in [1.82, 2.24) is 5.32 Å². The van der Waals surface area contributed by atoms with E-state index < -0.39 is 11.0 Å². The fourth-order valence-electron chi connectivity index (χ4n) is 2.04. The Morgan fingerprint density at radius 2 is 2.05 bits per heavy atom. The maximum absolute atomic E-state index is 11.7. The van der Waals surface area contributed by atoms with Crippen molar-refractivity contribution in [2.45, 2.75) is 25.7 Å². The fourth-order valence-corrected chi connectivity index (χ4v) is 2.23. The van der Waals surface area contributed by atoms with Gasteiger partial charge in [0.2, 0.25) is 0 Å². The highest BCUT2D eigenvalue weighted by molar-refractivity contribution is 6.32. The predicted octanol–water partition coefficient (Wildman–Crippen LogP) is 3.83. The third-order valence-electron chi connectivity index (χ3n) is 3.05. The molecule has 2 N–H and O–H groups in total. The van der Waals surface area contributed by atoms with Gasteiger partial charge in [0.15, 0.2) is 0 Å². The summed E-state index contributed by atoms with van der Waals surface area (Å²) in [7, 11) is 0. The zero-order valence-electron chi connectivity index (χ0n) is 10.7. The number of hydrogen-bond donors (Lipinski definition) is 2. The number of halogens is 1. The van der Waals surface area contributed by atoms with Gasteiger partial charge in [-0.1, -0.05) is 17.2 Å². The Hall–Kier alpha value is -2.08. The molecule has 1 aliphatic carbocycles. The zero-order valence-corrected chi connectivity index (χ0v) is 11.4. The summed E-state index contributed by atoms with van der Waals surface area (Å²) in [6.45, 7) is 0. The van der Waals surface area contributed by atoms with Crippen LogP contribution >= 0.6 is 11.6 Å². The molecule has 0 spiro atoms. The lowest BCUT2D eigenvalue weighted by Gasteiger charge is -2.06. The van der Waals surface area contributed by atoms with Crippen LogP contribution in [0.2, 0.25) is 5.02 Å². The van der Waals surface area contributed by atoms with Gasteiger partial charge in [0.25, 0.3) is 5.69 Å². The van der Waals surface area contributed by atoms with Gasteiger partial charge in [0.05, 0.1) is 4.92 Å². The summed E-state index contributed by atoms with van der Waals surface area (Å²) < 4.78 is 0. The van der Waals surface area contributed by atoms with E-state index >= 15 is 0 Å². The van der Waals surface area contributed by atoms with E-state index in [1.165, 1.54) is 23.8 Å². The second kappa shape index (κ2) is 6.38. The van der Waals surface area contributed by atoms with Gasteiger partial charge >= 0.3 is 6.03 Å². The molecular formula is C13H14ClN3O3. The van der Waals surface area contributed by atoms with E-state index in [0.717, 1.165) is 25.7 Å². The third-order valence-corrected chi connectivity index (χ3v) is 3.37. The van der Waals surface area contributed by atoms with Crippen LogP contribution in [0.1, 0.15) is 25.7 Å². The van der Waals surface area contributed by atoms with Crippen molar-refractivity contribution in [2.75, 3.05) is 5.32 Å². The number of carbonyl (C=O) groups excluding carboxylic acids is 1. The molecule has 0 atom stereocenters. The molecule has 1 saturated carbocycles. The van der Waals surface area contributed by atoms with Crippen molar-refractivity contribution < 1.29 is 9.72 Å². The number of nitrogens with zero attached hydrogens (tertiary/aromatic N) is 1. The molecule has 2 amide bonds. The minimum atomic E-state index is -0.591. The maximum Gasteiger partial charge on any atom is 0.323 e. The summed E-state index contributed by atoms with van der Waals surface area (Å²) in [5.74, 6) is 0. The SMILES string of the molecule is O=C(NC=C1CCCC1)Nc1ccc(Cl)c([N+](=O)[O-])c1. The molecule has 1 fully saturated rings. The first-order chi connectivity index (χ1) is 9.56. The quantitative estimate of drug-likeness (QED) is 0.656. The Morgan fingerprint density at radius 3 is 2.70 bits per heavy atom. The van der Waals surface area contributed by atoms with Crippen molar-refractivity contribution in [1.29, 1.82) is 0 Å². The van der Waals surface area contributed by atoms with E-state index in [9.17, 15) is 14.9 Å². The van der Waals surface area contributed by atoms with E-state index in [0.29, 0.717) is 5.69 Å². The van der Waals surface area contributed by atoms with Gasteiger partial charge in [-0.05, 0) is 37.8 Å². The van der Waals surface area contributed by atoms with Crippen molar-refractivity contribution in [3.05, 3.63) is 45.1 Å². The van der Waals surface area contributed by atoms with Crippen LogP contribution in [0.4, 0.5) is 16.2 Å². The minimum absolute atomic E-state index is 0.0361. The monoisotopic (exact) mass is 295 g/mol. The zero-order chi connectivity index (χ0) is 14.5. The first-order valence-electron chi connectivity index (χ1n) is 6.25. The number of anilines is 1. The fraction of sp³-hybridized carbons (Fsp3) is 0.308. The van der Waals surface area contributed by atoms with Gasteiger partial charge in [-0.25, -0.2) is 4.79 Å². The average Bonchev–Trinajstić information content (AvgIpc) is 2.91. The number of nitro benzene ring substituents is 1. The van der Waals surface area contributed by atoms with E-state index in [4.69, 9.17) is 11.6 Å². The number of carbonyl (C=O) groups is 1. The molecule has 0 aliphatic heterocycles. The Bertz CT molecular complexity index is 564. The van der Waals surface area contributed by atoms with Gasteiger partial charge in [-0.2, -0.15) is 0 Å². The Labute approximate surface area is 121 Å². The summed E-state index contributed by atoms with van der Waals surface area (Å²) in [4.78, 5) is 21.8.